The highest BCUT2D eigenvalue weighted by Gasteiger charge is 2.17. The van der Waals surface area contributed by atoms with Gasteiger partial charge in [0.15, 0.2) is 5.96 Å². The third kappa shape index (κ3) is 6.94. The van der Waals surface area contributed by atoms with Crippen molar-refractivity contribution in [3.63, 3.8) is 0 Å². The number of nitrogens with one attached hydrogen (secondary N) is 1. The van der Waals surface area contributed by atoms with Crippen LogP contribution in [0.4, 0.5) is 0 Å². The van der Waals surface area contributed by atoms with Crippen molar-refractivity contribution in [2.45, 2.75) is 26.2 Å². The van der Waals surface area contributed by atoms with Gasteiger partial charge in [-0.2, -0.15) is 0 Å². The number of likely N-dealkylation sites (N-methyl/N-ethyl adjacent to an activating group) is 1. The number of ether oxygens (including phenoxy) is 1. The van der Waals surface area contributed by atoms with Crippen LogP contribution in [0.5, 0.6) is 5.75 Å². The number of guanidine groups is 1. The minimum absolute atomic E-state index is 0.649. The Balaban J connectivity index is 1.62. The van der Waals surface area contributed by atoms with E-state index in [1.807, 2.05) is 37.4 Å². The molecule has 1 heterocycles. The quantitative estimate of drug-likeness (QED) is 0.580. The Kier molecular flexibility index (Phi) is 8.60. The molecule has 1 saturated heterocycles. The van der Waals surface area contributed by atoms with E-state index in [0.717, 1.165) is 30.7 Å². The van der Waals surface area contributed by atoms with E-state index in [2.05, 4.69) is 34.1 Å². The van der Waals surface area contributed by atoms with Crippen molar-refractivity contribution in [2.75, 3.05) is 53.4 Å². The van der Waals surface area contributed by atoms with Gasteiger partial charge in [0.2, 0.25) is 0 Å². The Bertz CT molecular complexity index is 498. The number of likely N-dealkylation sites (tertiary alicyclic amines) is 1. The second-order valence-corrected chi connectivity index (χ2v) is 6.72. The van der Waals surface area contributed by atoms with E-state index in [4.69, 9.17) is 4.74 Å². The number of benzene rings is 1. The molecule has 0 bridgehead atoms. The standard InChI is InChI=1S/C20H34N4O/c1-4-24-14-11-18(12-15-24)10-13-22-20(21-2)23(3)16-17-25-19-8-6-5-7-9-19/h5-9,18H,4,10-17H2,1-3H3,(H,21,22). The van der Waals surface area contributed by atoms with Crippen LogP contribution in [0.1, 0.15) is 26.2 Å². The van der Waals surface area contributed by atoms with E-state index in [0.29, 0.717) is 6.61 Å². The summed E-state index contributed by atoms with van der Waals surface area (Å²) in [4.78, 5) is 9.06. The minimum atomic E-state index is 0.649. The normalized spacial score (nSPS) is 16.7. The third-order valence-corrected chi connectivity index (χ3v) is 5.00. The van der Waals surface area contributed by atoms with E-state index in [1.54, 1.807) is 0 Å². The van der Waals surface area contributed by atoms with Gasteiger partial charge >= 0.3 is 0 Å². The maximum absolute atomic E-state index is 5.76. The lowest BCUT2D eigenvalue weighted by Gasteiger charge is -2.31. The maximum Gasteiger partial charge on any atom is 0.193 e. The highest BCUT2D eigenvalue weighted by Crippen LogP contribution is 2.19. The Morgan fingerprint density at radius 2 is 2.00 bits per heavy atom. The van der Waals surface area contributed by atoms with Crippen LogP contribution in [-0.4, -0.2) is 69.2 Å². The van der Waals surface area contributed by atoms with Crippen LogP contribution in [0.15, 0.2) is 35.3 Å². The van der Waals surface area contributed by atoms with Crippen molar-refractivity contribution in [1.82, 2.24) is 15.1 Å². The van der Waals surface area contributed by atoms with Crippen molar-refractivity contribution >= 4 is 5.96 Å². The molecule has 0 saturated carbocycles. The number of hydrogen-bond acceptors (Lipinski definition) is 3. The molecule has 0 aliphatic carbocycles. The van der Waals surface area contributed by atoms with Crippen LogP contribution in [0.25, 0.3) is 0 Å². The Morgan fingerprint density at radius 3 is 2.64 bits per heavy atom. The lowest BCUT2D eigenvalue weighted by Crippen LogP contribution is -2.42. The molecule has 0 unspecified atom stereocenters. The summed E-state index contributed by atoms with van der Waals surface area (Å²) in [7, 11) is 3.90. The average Bonchev–Trinajstić information content (AvgIpc) is 2.66. The van der Waals surface area contributed by atoms with Gasteiger partial charge in [-0.15, -0.1) is 0 Å². The number of rotatable bonds is 8. The molecule has 1 aromatic rings. The predicted octanol–water partition coefficient (Wildman–Crippen LogP) is 2.69. The molecule has 1 aliphatic rings. The number of hydrogen-bond donors (Lipinski definition) is 1. The topological polar surface area (TPSA) is 40.1 Å². The second-order valence-electron chi connectivity index (χ2n) is 6.72. The first-order valence-electron chi connectivity index (χ1n) is 9.55. The molecule has 5 heteroatoms. The van der Waals surface area contributed by atoms with Gasteiger partial charge in [-0.1, -0.05) is 25.1 Å². The number of piperidine rings is 1. The lowest BCUT2D eigenvalue weighted by atomic mass is 9.93. The molecular formula is C20H34N4O. The van der Waals surface area contributed by atoms with Crippen LogP contribution in [0.2, 0.25) is 0 Å². The minimum Gasteiger partial charge on any atom is -0.492 e. The Hall–Kier alpha value is -1.75. The molecule has 1 N–H and O–H groups in total. The summed E-state index contributed by atoms with van der Waals surface area (Å²) in [5.74, 6) is 2.71. The smallest absolute Gasteiger partial charge is 0.193 e. The van der Waals surface area contributed by atoms with Crippen molar-refractivity contribution in [1.29, 1.82) is 0 Å². The van der Waals surface area contributed by atoms with Crippen LogP contribution in [0, 0.1) is 5.92 Å². The SMILES string of the molecule is CCN1CCC(CCNC(=NC)N(C)CCOc2ccccc2)CC1. The summed E-state index contributed by atoms with van der Waals surface area (Å²) in [6.45, 7) is 8.41. The summed E-state index contributed by atoms with van der Waals surface area (Å²) in [6, 6.07) is 9.94. The first-order chi connectivity index (χ1) is 12.2. The number of para-hydroxylation sites is 1. The fourth-order valence-corrected chi connectivity index (χ4v) is 3.29. The van der Waals surface area contributed by atoms with Gasteiger partial charge in [-0.05, 0) is 56.9 Å². The third-order valence-electron chi connectivity index (χ3n) is 5.00. The molecule has 0 radical (unpaired) electrons. The Morgan fingerprint density at radius 1 is 1.28 bits per heavy atom. The van der Waals surface area contributed by atoms with Gasteiger partial charge in [-0.25, -0.2) is 0 Å². The summed E-state index contributed by atoms with van der Waals surface area (Å²) < 4.78 is 5.76. The molecule has 1 fully saturated rings. The highest BCUT2D eigenvalue weighted by molar-refractivity contribution is 5.79. The van der Waals surface area contributed by atoms with Gasteiger partial charge < -0.3 is 19.9 Å². The van der Waals surface area contributed by atoms with E-state index in [1.165, 1.54) is 38.9 Å². The zero-order valence-corrected chi connectivity index (χ0v) is 16.1. The van der Waals surface area contributed by atoms with Crippen molar-refractivity contribution in [3.8, 4) is 5.75 Å². The summed E-state index contributed by atoms with van der Waals surface area (Å²) in [6.07, 6.45) is 3.88. The van der Waals surface area contributed by atoms with Crippen molar-refractivity contribution < 1.29 is 4.74 Å². The van der Waals surface area contributed by atoms with Crippen LogP contribution >= 0.6 is 0 Å². The van der Waals surface area contributed by atoms with Gasteiger partial charge in [0.05, 0.1) is 6.54 Å². The molecule has 0 spiro atoms. The molecule has 5 nitrogen and oxygen atoms in total. The average molecular weight is 347 g/mol. The summed E-state index contributed by atoms with van der Waals surface area (Å²) in [5, 5.41) is 3.50. The summed E-state index contributed by atoms with van der Waals surface area (Å²) in [5.41, 5.74) is 0. The van der Waals surface area contributed by atoms with Crippen LogP contribution < -0.4 is 10.1 Å². The van der Waals surface area contributed by atoms with Gasteiger partial charge in [0.25, 0.3) is 0 Å². The predicted molar refractivity (Wildman–Crippen MR) is 105 cm³/mol. The number of aliphatic imine (C=N–C) groups is 1. The molecular weight excluding hydrogens is 312 g/mol. The van der Waals surface area contributed by atoms with E-state index < -0.39 is 0 Å². The molecule has 140 valence electrons. The maximum atomic E-state index is 5.76. The zero-order valence-electron chi connectivity index (χ0n) is 16.1. The van der Waals surface area contributed by atoms with Crippen molar-refractivity contribution in [3.05, 3.63) is 30.3 Å². The van der Waals surface area contributed by atoms with Crippen molar-refractivity contribution in [2.24, 2.45) is 10.9 Å². The first-order valence-corrected chi connectivity index (χ1v) is 9.55. The molecule has 1 aromatic carbocycles. The monoisotopic (exact) mass is 346 g/mol. The Labute approximate surface area is 153 Å². The second kappa shape index (κ2) is 11.0. The van der Waals surface area contributed by atoms with Gasteiger partial charge in [0, 0.05) is 20.6 Å². The first kappa shape index (κ1) is 19.6. The lowest BCUT2D eigenvalue weighted by molar-refractivity contribution is 0.187. The largest absolute Gasteiger partial charge is 0.492 e. The van der Waals surface area contributed by atoms with E-state index >= 15 is 0 Å². The number of nitrogens with zero attached hydrogens (tertiary/aromatic N) is 3. The zero-order chi connectivity index (χ0) is 17.9. The van der Waals surface area contributed by atoms with E-state index in [9.17, 15) is 0 Å². The molecule has 0 atom stereocenters. The van der Waals surface area contributed by atoms with Gasteiger partial charge in [-0.3, -0.25) is 4.99 Å². The van der Waals surface area contributed by atoms with Crippen LogP contribution in [-0.2, 0) is 0 Å². The fraction of sp³-hybridized carbons (Fsp3) is 0.650. The van der Waals surface area contributed by atoms with E-state index in [-0.39, 0.29) is 0 Å². The van der Waals surface area contributed by atoms with Crippen LogP contribution in [0.3, 0.4) is 0 Å². The fourth-order valence-electron chi connectivity index (χ4n) is 3.29. The molecule has 0 aromatic heterocycles. The molecule has 25 heavy (non-hydrogen) atoms. The molecule has 0 amide bonds. The molecule has 1 aliphatic heterocycles. The van der Waals surface area contributed by atoms with Gasteiger partial charge in [0.1, 0.15) is 12.4 Å². The molecule has 2 rings (SSSR count). The summed E-state index contributed by atoms with van der Waals surface area (Å²) >= 11 is 0. The highest BCUT2D eigenvalue weighted by atomic mass is 16.5.